The van der Waals surface area contributed by atoms with Gasteiger partial charge in [-0.05, 0) is 71.0 Å². The fraction of sp³-hybridized carbons (Fsp3) is 0.364. The van der Waals surface area contributed by atoms with Gasteiger partial charge in [0.25, 0.3) is 0 Å². The van der Waals surface area contributed by atoms with Gasteiger partial charge in [0.2, 0.25) is 0 Å². The van der Waals surface area contributed by atoms with Crippen molar-refractivity contribution < 1.29 is 30.0 Å². The van der Waals surface area contributed by atoms with Crippen molar-refractivity contribution in [2.24, 2.45) is 11.8 Å². The molecule has 1 aliphatic rings. The Morgan fingerprint density at radius 2 is 1.62 bits per heavy atom. The molecule has 1 N–H and O–H groups in total. The van der Waals surface area contributed by atoms with E-state index in [1.165, 1.54) is 43.1 Å². The molecule has 0 spiro atoms. The second-order valence-electron chi connectivity index (χ2n) is 14.9. The van der Waals surface area contributed by atoms with Crippen LogP contribution < -0.4 is 5.19 Å². The van der Waals surface area contributed by atoms with Crippen LogP contribution in [0.1, 0.15) is 85.3 Å². The summed E-state index contributed by atoms with van der Waals surface area (Å²) in [7, 11) is -1.40. The standard InChI is InChI=1S/C31H28NSSi.C13H24O2.Ir/c1-31(2,3)26-18-24(16-20-8-6-7-9-25(20)26)29-30-23(12-14-32-29)19-27(33-30)21-10-11-28-22(17-21)13-15-34(28,4)5;1-5-10(6-2)12(14)9-13(15)11(7-3)8-4;/h6-15,17-19H,1-5H3;9-11,14H,5-8H2,1-4H3;/q-1;;/b;12-9-;. The van der Waals surface area contributed by atoms with Crippen LogP contribution in [0.5, 0.6) is 0 Å². The third-order valence-electron chi connectivity index (χ3n) is 10.1. The molecule has 6 rings (SSSR count). The monoisotopic (exact) mass is 879 g/mol. The largest absolute Gasteiger partial charge is 0.512 e. The quantitative estimate of drug-likeness (QED) is 0.0695. The number of aliphatic hydroxyl groups excluding tert-OH is 1. The van der Waals surface area contributed by atoms with E-state index in [0.717, 1.165) is 42.3 Å². The number of carbonyl (C=O) groups excluding carboxylic acids is 1. The minimum atomic E-state index is -1.40. The van der Waals surface area contributed by atoms with Gasteiger partial charge in [-0.3, -0.25) is 9.78 Å². The Labute approximate surface area is 318 Å². The van der Waals surface area contributed by atoms with Crippen LogP contribution >= 0.6 is 11.3 Å². The van der Waals surface area contributed by atoms with Gasteiger partial charge in [0.05, 0.1) is 5.76 Å². The molecule has 0 saturated heterocycles. The summed E-state index contributed by atoms with van der Waals surface area (Å²) < 4.78 is 1.23. The van der Waals surface area contributed by atoms with Crippen molar-refractivity contribution in [1.82, 2.24) is 4.98 Å². The number of benzene rings is 3. The van der Waals surface area contributed by atoms with Gasteiger partial charge in [-0.1, -0.05) is 115 Å². The van der Waals surface area contributed by atoms with Crippen molar-refractivity contribution in [1.29, 1.82) is 0 Å². The zero-order chi connectivity index (χ0) is 35.5. The van der Waals surface area contributed by atoms with E-state index < -0.39 is 8.07 Å². The molecule has 0 atom stereocenters. The van der Waals surface area contributed by atoms with E-state index in [1.54, 1.807) is 5.19 Å². The number of thiophene rings is 1. The number of aromatic nitrogens is 1. The third kappa shape index (κ3) is 8.48. The topological polar surface area (TPSA) is 50.2 Å². The van der Waals surface area contributed by atoms with Crippen molar-refractivity contribution in [3.8, 4) is 21.7 Å². The summed E-state index contributed by atoms with van der Waals surface area (Å²) in [5.41, 5.74) is 8.60. The van der Waals surface area contributed by atoms with Crippen LogP contribution in [0, 0.1) is 17.9 Å². The van der Waals surface area contributed by atoms with Crippen LogP contribution in [0.3, 0.4) is 0 Å². The minimum absolute atomic E-state index is 0. The first-order valence-electron chi connectivity index (χ1n) is 17.9. The van der Waals surface area contributed by atoms with Crippen molar-refractivity contribution >= 4 is 57.3 Å². The molecule has 0 saturated carbocycles. The molecule has 0 bridgehead atoms. The average molecular weight is 879 g/mol. The molecule has 3 heterocycles. The van der Waals surface area contributed by atoms with Gasteiger partial charge < -0.3 is 5.11 Å². The summed E-state index contributed by atoms with van der Waals surface area (Å²) in [5.74, 6) is 0.547. The molecule has 265 valence electrons. The van der Waals surface area contributed by atoms with E-state index in [2.05, 4.69) is 112 Å². The molecule has 1 radical (unpaired) electrons. The summed E-state index contributed by atoms with van der Waals surface area (Å²) in [6.07, 6.45) is 9.17. The predicted octanol–water partition coefficient (Wildman–Crippen LogP) is 12.2. The predicted molar refractivity (Wildman–Crippen MR) is 216 cm³/mol. The number of aliphatic hydroxyl groups is 1. The van der Waals surface area contributed by atoms with Gasteiger partial charge in [-0.15, -0.1) is 40.5 Å². The van der Waals surface area contributed by atoms with Gasteiger partial charge in [0, 0.05) is 59.5 Å². The zero-order valence-corrected chi connectivity index (χ0v) is 35.3. The Morgan fingerprint density at radius 3 is 2.28 bits per heavy atom. The summed E-state index contributed by atoms with van der Waals surface area (Å²) >= 11 is 1.84. The molecule has 50 heavy (non-hydrogen) atoms. The number of allylic oxidation sites excluding steroid dienone is 2. The number of nitrogens with zero attached hydrogens (tertiary/aromatic N) is 1. The maximum Gasteiger partial charge on any atom is 0.162 e. The third-order valence-corrected chi connectivity index (χ3v) is 14.1. The minimum Gasteiger partial charge on any atom is -0.512 e. The number of rotatable bonds is 9. The smallest absolute Gasteiger partial charge is 0.162 e. The summed E-state index contributed by atoms with van der Waals surface area (Å²) in [4.78, 5) is 17.9. The molecule has 0 unspecified atom stereocenters. The molecule has 0 aliphatic carbocycles. The SMILES string of the molecule is CC(C)(C)c1cc(-c2nccc3cc(-c4ccc5c(c4)C=C[Si]5(C)C)sc23)[c-]c2ccccc12.CCC(CC)C(=O)/C=C(\O)C(CC)CC.[Ir]. The van der Waals surface area contributed by atoms with E-state index in [4.69, 9.17) is 4.98 Å². The van der Waals surface area contributed by atoms with Gasteiger partial charge in [0.1, 0.15) is 8.07 Å². The maximum atomic E-state index is 11.7. The average Bonchev–Trinajstić information content (AvgIpc) is 3.65. The molecule has 3 nitrogen and oxygen atoms in total. The van der Waals surface area contributed by atoms with Gasteiger partial charge in [-0.25, -0.2) is 0 Å². The van der Waals surface area contributed by atoms with Crippen molar-refractivity contribution in [3.05, 3.63) is 102 Å². The fourth-order valence-corrected chi connectivity index (χ4v) is 10.2. The van der Waals surface area contributed by atoms with E-state index in [1.807, 2.05) is 45.2 Å². The summed E-state index contributed by atoms with van der Waals surface area (Å²) in [6.45, 7) is 19.7. The number of pyridine rings is 1. The van der Waals surface area contributed by atoms with E-state index in [-0.39, 0.29) is 48.9 Å². The van der Waals surface area contributed by atoms with Crippen LogP contribution in [0.25, 0.3) is 48.6 Å². The second kappa shape index (κ2) is 16.5. The van der Waals surface area contributed by atoms with Crippen LogP contribution in [-0.2, 0) is 30.3 Å². The molecular weight excluding hydrogens is 827 g/mol. The van der Waals surface area contributed by atoms with Crippen LogP contribution in [0.15, 0.2) is 84.4 Å². The number of hydrogen-bond acceptors (Lipinski definition) is 4. The number of carbonyl (C=O) groups is 1. The first-order chi connectivity index (χ1) is 23.3. The summed E-state index contributed by atoms with van der Waals surface area (Å²) in [6, 6.07) is 26.0. The maximum absolute atomic E-state index is 11.7. The van der Waals surface area contributed by atoms with E-state index >= 15 is 0 Å². The van der Waals surface area contributed by atoms with E-state index in [9.17, 15) is 9.90 Å². The Balaban J connectivity index is 0.000000301. The van der Waals surface area contributed by atoms with Crippen LogP contribution in [-0.4, -0.2) is 23.9 Å². The van der Waals surface area contributed by atoms with E-state index in [0.29, 0.717) is 0 Å². The molecule has 0 fully saturated rings. The number of ketones is 1. The Hall–Kier alpha value is -3.15. The van der Waals surface area contributed by atoms with Gasteiger partial charge >= 0.3 is 0 Å². The van der Waals surface area contributed by atoms with Crippen LogP contribution in [0.4, 0.5) is 0 Å². The molecule has 2 aromatic heterocycles. The Kier molecular flexibility index (Phi) is 13.0. The Bertz CT molecular complexity index is 2030. The van der Waals surface area contributed by atoms with Crippen molar-refractivity contribution in [2.45, 2.75) is 92.7 Å². The first-order valence-corrected chi connectivity index (χ1v) is 21.8. The van der Waals surface area contributed by atoms with Crippen molar-refractivity contribution in [2.75, 3.05) is 0 Å². The summed E-state index contributed by atoms with van der Waals surface area (Å²) in [5, 5.41) is 15.0. The Morgan fingerprint density at radius 1 is 0.940 bits per heavy atom. The molecule has 6 heteroatoms. The molecule has 1 aliphatic heterocycles. The van der Waals surface area contributed by atoms with Gasteiger partial charge in [0.15, 0.2) is 5.78 Å². The van der Waals surface area contributed by atoms with Gasteiger partial charge in [-0.2, -0.15) is 0 Å². The number of fused-ring (bicyclic) bond motifs is 3. The zero-order valence-electron chi connectivity index (χ0n) is 31.1. The molecular formula is C44H52IrNO2SSi-. The second-order valence-corrected chi connectivity index (χ2v) is 20.3. The van der Waals surface area contributed by atoms with Crippen LogP contribution in [0.2, 0.25) is 13.1 Å². The first kappa shape index (κ1) is 39.6. The molecule has 3 aromatic carbocycles. The molecule has 0 amide bonds. The molecule has 5 aromatic rings. The fourth-order valence-electron chi connectivity index (χ4n) is 6.89. The van der Waals surface area contributed by atoms with Crippen molar-refractivity contribution in [3.63, 3.8) is 0 Å². The normalized spacial score (nSPS) is 13.8. The number of hydrogen-bond donors (Lipinski definition) is 1.